The monoisotopic (exact) mass is 264 g/mol. The Bertz CT molecular complexity index is 470. The van der Waals surface area contributed by atoms with Gasteiger partial charge in [-0.15, -0.1) is 11.3 Å². The molecule has 0 aliphatic heterocycles. The smallest absolute Gasteiger partial charge is 0.126 e. The normalized spacial score (nSPS) is 12.6. The highest BCUT2D eigenvalue weighted by atomic mass is 32.1. The van der Waals surface area contributed by atoms with Gasteiger partial charge in [-0.3, -0.25) is 11.3 Å². The number of nitrogens with one attached hydrogen (secondary N) is 1. The van der Waals surface area contributed by atoms with Gasteiger partial charge in [0, 0.05) is 10.9 Å². The SMILES string of the molecule is NNC(CCc1cccs1)Cc1ccccc1F. The Kier molecular flexibility index (Phi) is 4.87. The molecule has 2 aromatic rings. The molecule has 3 N–H and O–H groups in total. The molecule has 1 unspecified atom stereocenters. The Balaban J connectivity index is 1.91. The second-order valence-corrected chi connectivity index (χ2v) is 5.31. The van der Waals surface area contributed by atoms with Gasteiger partial charge in [-0.2, -0.15) is 0 Å². The average molecular weight is 264 g/mol. The van der Waals surface area contributed by atoms with E-state index in [2.05, 4.69) is 16.9 Å². The van der Waals surface area contributed by atoms with Gasteiger partial charge in [-0.05, 0) is 42.3 Å². The van der Waals surface area contributed by atoms with E-state index in [1.807, 2.05) is 18.2 Å². The first kappa shape index (κ1) is 13.2. The summed E-state index contributed by atoms with van der Waals surface area (Å²) in [6.07, 6.45) is 2.50. The van der Waals surface area contributed by atoms with E-state index >= 15 is 0 Å². The number of thiophene rings is 1. The molecule has 18 heavy (non-hydrogen) atoms. The highest BCUT2D eigenvalue weighted by molar-refractivity contribution is 7.09. The van der Waals surface area contributed by atoms with E-state index < -0.39 is 0 Å². The molecular weight excluding hydrogens is 247 g/mol. The summed E-state index contributed by atoms with van der Waals surface area (Å²) in [5.74, 6) is 5.38. The molecular formula is C14H17FN2S. The molecule has 1 atom stereocenters. The minimum atomic E-state index is -0.158. The first-order valence-corrected chi connectivity index (χ1v) is 6.89. The Morgan fingerprint density at radius 3 is 2.72 bits per heavy atom. The van der Waals surface area contributed by atoms with Crippen LogP contribution in [0.5, 0.6) is 0 Å². The lowest BCUT2D eigenvalue weighted by Gasteiger charge is -2.15. The van der Waals surface area contributed by atoms with Crippen molar-refractivity contribution < 1.29 is 4.39 Å². The molecule has 0 aliphatic carbocycles. The third-order valence-electron chi connectivity index (χ3n) is 2.98. The van der Waals surface area contributed by atoms with Gasteiger partial charge in [0.2, 0.25) is 0 Å². The highest BCUT2D eigenvalue weighted by Gasteiger charge is 2.11. The number of aryl methyl sites for hydroxylation is 1. The first-order valence-electron chi connectivity index (χ1n) is 6.01. The molecule has 1 aromatic carbocycles. The van der Waals surface area contributed by atoms with E-state index in [1.165, 1.54) is 10.9 Å². The molecule has 0 aliphatic rings. The number of hydrogen-bond donors (Lipinski definition) is 2. The fourth-order valence-electron chi connectivity index (χ4n) is 1.95. The first-order chi connectivity index (χ1) is 8.79. The van der Waals surface area contributed by atoms with Crippen molar-refractivity contribution in [2.45, 2.75) is 25.3 Å². The number of halogens is 1. The van der Waals surface area contributed by atoms with Crippen molar-refractivity contribution in [2.75, 3.05) is 0 Å². The number of nitrogens with two attached hydrogens (primary N) is 1. The molecule has 0 fully saturated rings. The third-order valence-corrected chi connectivity index (χ3v) is 3.92. The zero-order valence-corrected chi connectivity index (χ0v) is 10.9. The van der Waals surface area contributed by atoms with Gasteiger partial charge >= 0.3 is 0 Å². The van der Waals surface area contributed by atoms with Crippen molar-refractivity contribution in [3.8, 4) is 0 Å². The van der Waals surface area contributed by atoms with Crippen LogP contribution < -0.4 is 11.3 Å². The zero-order chi connectivity index (χ0) is 12.8. The van der Waals surface area contributed by atoms with Crippen molar-refractivity contribution in [1.29, 1.82) is 0 Å². The number of benzene rings is 1. The summed E-state index contributed by atoms with van der Waals surface area (Å²) >= 11 is 1.74. The molecule has 0 spiro atoms. The van der Waals surface area contributed by atoms with Crippen LogP contribution in [0.4, 0.5) is 4.39 Å². The second-order valence-electron chi connectivity index (χ2n) is 4.28. The topological polar surface area (TPSA) is 38.0 Å². The Morgan fingerprint density at radius 1 is 1.22 bits per heavy atom. The lowest BCUT2D eigenvalue weighted by atomic mass is 10.0. The summed E-state index contributed by atoms with van der Waals surface area (Å²) in [4.78, 5) is 1.34. The van der Waals surface area contributed by atoms with E-state index in [4.69, 9.17) is 5.84 Å². The van der Waals surface area contributed by atoms with Crippen LogP contribution in [0.2, 0.25) is 0 Å². The molecule has 0 saturated carbocycles. The van der Waals surface area contributed by atoms with E-state index in [0.29, 0.717) is 12.0 Å². The lowest BCUT2D eigenvalue weighted by molar-refractivity contribution is 0.481. The Hall–Kier alpha value is -1.23. The Morgan fingerprint density at radius 2 is 2.06 bits per heavy atom. The molecule has 0 bridgehead atoms. The summed E-state index contributed by atoms with van der Waals surface area (Å²) in [7, 11) is 0. The van der Waals surface area contributed by atoms with Crippen molar-refractivity contribution in [1.82, 2.24) is 5.43 Å². The van der Waals surface area contributed by atoms with E-state index in [-0.39, 0.29) is 11.9 Å². The molecule has 2 rings (SSSR count). The molecule has 1 heterocycles. The number of hydrazine groups is 1. The van der Waals surface area contributed by atoms with Crippen molar-refractivity contribution in [3.63, 3.8) is 0 Å². The molecule has 0 radical (unpaired) electrons. The standard InChI is InChI=1S/C14H17FN2S/c15-14-6-2-1-4-11(14)10-12(17-16)7-8-13-5-3-9-18-13/h1-6,9,12,17H,7-8,10,16H2. The summed E-state index contributed by atoms with van der Waals surface area (Å²) in [5.41, 5.74) is 3.49. The summed E-state index contributed by atoms with van der Waals surface area (Å²) < 4.78 is 13.5. The van der Waals surface area contributed by atoms with Crippen LogP contribution in [0.15, 0.2) is 41.8 Å². The van der Waals surface area contributed by atoms with Gasteiger partial charge < -0.3 is 0 Å². The van der Waals surface area contributed by atoms with Gasteiger partial charge in [0.25, 0.3) is 0 Å². The van der Waals surface area contributed by atoms with E-state index in [0.717, 1.165) is 12.8 Å². The van der Waals surface area contributed by atoms with Crippen LogP contribution >= 0.6 is 11.3 Å². The van der Waals surface area contributed by atoms with Crippen molar-refractivity contribution in [3.05, 3.63) is 58.0 Å². The lowest BCUT2D eigenvalue weighted by Crippen LogP contribution is -2.37. The second kappa shape index (κ2) is 6.64. The van der Waals surface area contributed by atoms with Gasteiger partial charge in [-0.25, -0.2) is 4.39 Å². The highest BCUT2D eigenvalue weighted by Crippen LogP contribution is 2.15. The van der Waals surface area contributed by atoms with Crippen molar-refractivity contribution in [2.24, 2.45) is 5.84 Å². The third kappa shape index (κ3) is 3.63. The summed E-state index contributed by atoms with van der Waals surface area (Å²) in [6, 6.07) is 11.1. The fourth-order valence-corrected chi connectivity index (χ4v) is 2.67. The van der Waals surface area contributed by atoms with Gasteiger partial charge in [0.05, 0.1) is 0 Å². The van der Waals surface area contributed by atoms with Crippen LogP contribution in [0.1, 0.15) is 16.9 Å². The van der Waals surface area contributed by atoms with Crippen LogP contribution in [0, 0.1) is 5.82 Å². The summed E-state index contributed by atoms with van der Waals surface area (Å²) in [6.45, 7) is 0. The van der Waals surface area contributed by atoms with Gasteiger partial charge in [-0.1, -0.05) is 24.3 Å². The van der Waals surface area contributed by atoms with Crippen LogP contribution in [0.25, 0.3) is 0 Å². The van der Waals surface area contributed by atoms with Crippen LogP contribution in [-0.4, -0.2) is 6.04 Å². The van der Waals surface area contributed by atoms with Gasteiger partial charge in [0.15, 0.2) is 0 Å². The minimum absolute atomic E-state index is 0.101. The van der Waals surface area contributed by atoms with Crippen molar-refractivity contribution >= 4 is 11.3 Å². The van der Waals surface area contributed by atoms with E-state index in [9.17, 15) is 4.39 Å². The zero-order valence-electron chi connectivity index (χ0n) is 10.1. The summed E-state index contributed by atoms with van der Waals surface area (Å²) in [5, 5.41) is 2.07. The predicted molar refractivity (Wildman–Crippen MR) is 73.9 cm³/mol. The molecule has 2 nitrogen and oxygen atoms in total. The molecule has 0 amide bonds. The van der Waals surface area contributed by atoms with Crippen LogP contribution in [-0.2, 0) is 12.8 Å². The maximum atomic E-state index is 13.5. The predicted octanol–water partition coefficient (Wildman–Crippen LogP) is 2.89. The van der Waals surface area contributed by atoms with Gasteiger partial charge in [0.1, 0.15) is 5.82 Å². The number of rotatable bonds is 6. The molecule has 1 aromatic heterocycles. The molecule has 0 saturated heterocycles. The quantitative estimate of drug-likeness (QED) is 0.622. The minimum Gasteiger partial charge on any atom is -0.271 e. The fraction of sp³-hybridized carbons (Fsp3) is 0.286. The Labute approximate surface area is 111 Å². The maximum absolute atomic E-state index is 13.5. The largest absolute Gasteiger partial charge is 0.271 e. The maximum Gasteiger partial charge on any atom is 0.126 e. The van der Waals surface area contributed by atoms with Crippen LogP contribution in [0.3, 0.4) is 0 Å². The average Bonchev–Trinajstić information content (AvgIpc) is 2.90. The molecule has 96 valence electrons. The number of hydrogen-bond acceptors (Lipinski definition) is 3. The van der Waals surface area contributed by atoms with E-state index in [1.54, 1.807) is 17.4 Å². The molecule has 4 heteroatoms.